The summed E-state index contributed by atoms with van der Waals surface area (Å²) >= 11 is 0. The van der Waals surface area contributed by atoms with E-state index in [2.05, 4.69) is 10.2 Å². The van der Waals surface area contributed by atoms with Crippen molar-refractivity contribution in [3.05, 3.63) is 0 Å². The van der Waals surface area contributed by atoms with E-state index in [0.717, 1.165) is 13.1 Å². The van der Waals surface area contributed by atoms with Crippen molar-refractivity contribution in [2.24, 2.45) is 0 Å². The van der Waals surface area contributed by atoms with Crippen LogP contribution in [0.1, 0.15) is 0 Å². The summed E-state index contributed by atoms with van der Waals surface area (Å²) in [6.45, 7) is 2.06. The number of rotatable bonds is 1. The summed E-state index contributed by atoms with van der Waals surface area (Å²) in [5, 5.41) is 12.4. The van der Waals surface area contributed by atoms with Gasteiger partial charge in [0, 0.05) is 13.1 Å². The van der Waals surface area contributed by atoms with Crippen LogP contribution in [0, 0.1) is 0 Å². The lowest BCUT2D eigenvalue weighted by atomic mass is 10.4. The predicted octanol–water partition coefficient (Wildman–Crippen LogP) is -1.68. The van der Waals surface area contributed by atoms with Gasteiger partial charge in [-0.2, -0.15) is 0 Å². The van der Waals surface area contributed by atoms with E-state index in [-0.39, 0.29) is 6.23 Å². The molecule has 0 aliphatic carbocycles. The van der Waals surface area contributed by atoms with Gasteiger partial charge in [0.15, 0.2) is 6.29 Å². The normalized spacial score (nSPS) is 63.9. The zero-order chi connectivity index (χ0) is 6.72. The number of hydrogen-bond acceptors (Lipinski definition) is 4. The fraction of sp³-hybridized carbons (Fsp3) is 1.00. The molecule has 3 fully saturated rings. The third-order valence-electron chi connectivity index (χ3n) is 2.41. The Hall–Kier alpha value is -0.160. The third-order valence-corrected chi connectivity index (χ3v) is 2.41. The predicted molar refractivity (Wildman–Crippen MR) is 33.2 cm³/mol. The highest BCUT2D eigenvalue weighted by molar-refractivity contribution is 5.06. The first-order chi connectivity index (χ1) is 4.86. The first-order valence-corrected chi connectivity index (χ1v) is 3.69. The van der Waals surface area contributed by atoms with E-state index in [1.165, 1.54) is 0 Å². The maximum atomic E-state index is 9.19. The van der Waals surface area contributed by atoms with Gasteiger partial charge in [0.25, 0.3) is 0 Å². The molecule has 3 aliphatic heterocycles. The Balaban J connectivity index is 1.76. The molecule has 3 saturated heterocycles. The molecule has 0 saturated carbocycles. The average Bonchev–Trinajstić information content (AvgIpc) is 2.81. The Kier molecular flexibility index (Phi) is 0.840. The summed E-state index contributed by atoms with van der Waals surface area (Å²) in [4.78, 5) is 2.19. The summed E-state index contributed by atoms with van der Waals surface area (Å²) in [6.07, 6.45) is -0.354. The molecule has 5 atom stereocenters. The number of hydrogen-bond donors (Lipinski definition) is 2. The van der Waals surface area contributed by atoms with E-state index in [0.29, 0.717) is 12.1 Å². The number of aliphatic hydroxyl groups is 1. The van der Waals surface area contributed by atoms with Crippen molar-refractivity contribution in [3.8, 4) is 0 Å². The SMILES string of the molecule is O[C@@H]1OC([C@@H]2CN2)N2CC12. The van der Waals surface area contributed by atoms with Crippen molar-refractivity contribution in [2.75, 3.05) is 13.1 Å². The Morgan fingerprint density at radius 1 is 1.60 bits per heavy atom. The highest BCUT2D eigenvalue weighted by atomic mass is 16.6. The molecule has 4 nitrogen and oxygen atoms in total. The molecule has 2 N–H and O–H groups in total. The van der Waals surface area contributed by atoms with Crippen molar-refractivity contribution in [1.82, 2.24) is 10.2 Å². The van der Waals surface area contributed by atoms with E-state index >= 15 is 0 Å². The van der Waals surface area contributed by atoms with E-state index in [4.69, 9.17) is 4.74 Å². The lowest BCUT2D eigenvalue weighted by molar-refractivity contribution is -0.111. The van der Waals surface area contributed by atoms with E-state index in [1.54, 1.807) is 0 Å². The van der Waals surface area contributed by atoms with Gasteiger partial charge < -0.3 is 15.2 Å². The van der Waals surface area contributed by atoms with Crippen LogP contribution in [0.5, 0.6) is 0 Å². The second-order valence-corrected chi connectivity index (χ2v) is 3.20. The van der Waals surface area contributed by atoms with Crippen molar-refractivity contribution >= 4 is 0 Å². The summed E-state index contributed by atoms with van der Waals surface area (Å²) < 4.78 is 5.27. The van der Waals surface area contributed by atoms with Crippen LogP contribution in [0.25, 0.3) is 0 Å². The highest BCUT2D eigenvalue weighted by Crippen LogP contribution is 2.36. The molecule has 0 spiro atoms. The van der Waals surface area contributed by atoms with E-state index < -0.39 is 6.29 Å². The molecule has 0 aromatic carbocycles. The summed E-state index contributed by atoms with van der Waals surface area (Å²) in [7, 11) is 0. The minimum absolute atomic E-state index is 0.167. The van der Waals surface area contributed by atoms with Crippen LogP contribution in [0.3, 0.4) is 0 Å². The highest BCUT2D eigenvalue weighted by Gasteiger charge is 2.57. The Morgan fingerprint density at radius 3 is 2.80 bits per heavy atom. The first kappa shape index (κ1) is 5.49. The molecular weight excluding hydrogens is 132 g/mol. The quantitative estimate of drug-likeness (QED) is 0.429. The lowest BCUT2D eigenvalue weighted by Crippen LogP contribution is -2.27. The van der Waals surface area contributed by atoms with Gasteiger partial charge in [0.1, 0.15) is 6.23 Å². The van der Waals surface area contributed by atoms with Gasteiger partial charge in [-0.1, -0.05) is 0 Å². The largest absolute Gasteiger partial charge is 0.366 e. The van der Waals surface area contributed by atoms with Gasteiger partial charge in [0.05, 0.1) is 12.1 Å². The molecule has 3 aliphatic rings. The van der Waals surface area contributed by atoms with Crippen LogP contribution >= 0.6 is 0 Å². The maximum Gasteiger partial charge on any atom is 0.173 e. The molecule has 0 bridgehead atoms. The fourth-order valence-corrected chi connectivity index (χ4v) is 1.62. The molecule has 0 amide bonds. The van der Waals surface area contributed by atoms with Gasteiger partial charge >= 0.3 is 0 Å². The molecule has 56 valence electrons. The number of aliphatic hydroxyl groups excluding tert-OH is 1. The molecule has 0 aromatic rings. The second-order valence-electron chi connectivity index (χ2n) is 3.20. The molecule has 10 heavy (non-hydrogen) atoms. The first-order valence-electron chi connectivity index (χ1n) is 3.69. The van der Waals surface area contributed by atoms with Crippen LogP contribution < -0.4 is 5.32 Å². The van der Waals surface area contributed by atoms with Gasteiger partial charge in [-0.05, 0) is 0 Å². The smallest absolute Gasteiger partial charge is 0.173 e. The van der Waals surface area contributed by atoms with Crippen LogP contribution in [0.4, 0.5) is 0 Å². The van der Waals surface area contributed by atoms with Crippen LogP contribution in [0.2, 0.25) is 0 Å². The van der Waals surface area contributed by atoms with Crippen molar-refractivity contribution in [3.63, 3.8) is 0 Å². The summed E-state index contributed by atoms with van der Waals surface area (Å²) in [5.41, 5.74) is 0. The Bertz CT molecular complexity index is 171. The number of nitrogens with one attached hydrogen (secondary N) is 1. The minimum atomic E-state index is -0.521. The zero-order valence-corrected chi connectivity index (χ0v) is 5.53. The van der Waals surface area contributed by atoms with E-state index in [1.807, 2.05) is 0 Å². The summed E-state index contributed by atoms with van der Waals surface area (Å²) in [6, 6.07) is 0.801. The van der Waals surface area contributed by atoms with Crippen LogP contribution in [-0.4, -0.2) is 47.7 Å². The minimum Gasteiger partial charge on any atom is -0.366 e. The molecule has 0 aromatic heterocycles. The van der Waals surface area contributed by atoms with Crippen molar-refractivity contribution < 1.29 is 9.84 Å². The fourth-order valence-electron chi connectivity index (χ4n) is 1.62. The zero-order valence-electron chi connectivity index (χ0n) is 5.53. The Labute approximate surface area is 58.8 Å². The lowest BCUT2D eigenvalue weighted by Gasteiger charge is -2.11. The van der Waals surface area contributed by atoms with Gasteiger partial charge in [-0.25, -0.2) is 0 Å². The van der Waals surface area contributed by atoms with Crippen molar-refractivity contribution in [1.29, 1.82) is 0 Å². The second kappa shape index (κ2) is 1.53. The molecule has 3 rings (SSSR count). The molecule has 3 heterocycles. The topological polar surface area (TPSA) is 54.4 Å². The standard InChI is InChI=1S/C6H10N2O2/c9-6-4-2-8(4)5(10-6)3-1-7-3/h3-7,9H,1-2H2/t3-,4?,5?,6+,8?/m0/s1. The van der Waals surface area contributed by atoms with Gasteiger partial charge in [-0.3, -0.25) is 4.90 Å². The summed E-state index contributed by atoms with van der Waals surface area (Å²) in [5.74, 6) is 0. The monoisotopic (exact) mass is 142 g/mol. The number of nitrogens with zero attached hydrogens (tertiary/aromatic N) is 1. The number of fused-ring (bicyclic) bond motifs is 1. The maximum absolute atomic E-state index is 9.19. The molecule has 4 heteroatoms. The third kappa shape index (κ3) is 0.594. The molecule has 3 unspecified atom stereocenters. The average molecular weight is 142 g/mol. The van der Waals surface area contributed by atoms with Crippen LogP contribution in [0.15, 0.2) is 0 Å². The van der Waals surface area contributed by atoms with E-state index in [9.17, 15) is 5.11 Å². The Morgan fingerprint density at radius 2 is 2.40 bits per heavy atom. The van der Waals surface area contributed by atoms with Gasteiger partial charge in [0.2, 0.25) is 0 Å². The van der Waals surface area contributed by atoms with Crippen LogP contribution in [-0.2, 0) is 4.74 Å². The van der Waals surface area contributed by atoms with Gasteiger partial charge in [-0.15, -0.1) is 0 Å². The number of ether oxygens (including phenoxy) is 1. The molecule has 0 radical (unpaired) electrons. The van der Waals surface area contributed by atoms with Crippen molar-refractivity contribution in [2.45, 2.75) is 24.6 Å². The molecular formula is C6H10N2O2.